The maximum Gasteiger partial charge on any atom is 0.338 e. The van der Waals surface area contributed by atoms with Gasteiger partial charge < -0.3 is 33.9 Å². The molecule has 3 aromatic rings. The Labute approximate surface area is 287 Å². The first-order valence-electron chi connectivity index (χ1n) is 16.0. The second-order valence-electron chi connectivity index (χ2n) is 10.9. The van der Waals surface area contributed by atoms with Crippen molar-refractivity contribution >= 4 is 40.8 Å². The number of esters is 1. The molecule has 1 N–H and O–H groups in total. The van der Waals surface area contributed by atoms with E-state index in [0.717, 1.165) is 11.1 Å². The molecule has 0 spiro atoms. The molecule has 1 atom stereocenters. The highest BCUT2D eigenvalue weighted by Crippen LogP contribution is 2.31. The van der Waals surface area contributed by atoms with Crippen molar-refractivity contribution in [2.45, 2.75) is 46.1 Å². The predicted octanol–water partition coefficient (Wildman–Crippen LogP) is 5.29. The van der Waals surface area contributed by atoms with E-state index in [9.17, 15) is 14.4 Å². The lowest BCUT2D eigenvalue weighted by atomic mass is 10.1. The topological polar surface area (TPSA) is 116 Å². The van der Waals surface area contributed by atoms with Crippen LogP contribution < -0.4 is 24.3 Å². The monoisotopic (exact) mass is 677 g/mol. The Balaban J connectivity index is 1.51. The van der Waals surface area contributed by atoms with Gasteiger partial charge in [-0.1, -0.05) is 12.1 Å². The zero-order valence-electron chi connectivity index (χ0n) is 28.1. The smallest absolute Gasteiger partial charge is 0.338 e. The van der Waals surface area contributed by atoms with Crippen molar-refractivity contribution in [3.8, 4) is 23.0 Å². The molecule has 0 radical (unpaired) electrons. The third-order valence-corrected chi connectivity index (χ3v) is 8.24. The molecule has 3 aromatic carbocycles. The Hall–Kier alpha value is -4.84. The van der Waals surface area contributed by atoms with Gasteiger partial charge in [0.1, 0.15) is 6.04 Å². The van der Waals surface area contributed by atoms with Gasteiger partial charge in [-0.2, -0.15) is 0 Å². The van der Waals surface area contributed by atoms with Gasteiger partial charge in [0.05, 0.1) is 46.0 Å². The Kier molecular flexibility index (Phi) is 13.0. The summed E-state index contributed by atoms with van der Waals surface area (Å²) in [5, 5.41) is 3.21. The van der Waals surface area contributed by atoms with E-state index in [1.54, 1.807) is 50.3 Å². The fraction of sp³-hybridized carbons (Fsp3) is 0.389. The number of rotatable bonds is 17. The van der Waals surface area contributed by atoms with Crippen LogP contribution >= 0.6 is 12.2 Å². The van der Waals surface area contributed by atoms with Crippen LogP contribution in [-0.2, 0) is 27.2 Å². The zero-order valence-corrected chi connectivity index (χ0v) is 28.9. The quantitative estimate of drug-likeness (QED) is 0.149. The number of methoxy groups -OCH3 is 2. The molecule has 1 fully saturated rings. The van der Waals surface area contributed by atoms with Gasteiger partial charge >= 0.3 is 5.97 Å². The van der Waals surface area contributed by atoms with Crippen molar-refractivity contribution in [1.29, 1.82) is 0 Å². The summed E-state index contributed by atoms with van der Waals surface area (Å²) in [5.41, 5.74) is 2.80. The highest BCUT2D eigenvalue weighted by atomic mass is 32.1. The van der Waals surface area contributed by atoms with E-state index < -0.39 is 12.0 Å². The minimum Gasteiger partial charge on any atom is -0.493 e. The van der Waals surface area contributed by atoms with E-state index in [1.807, 2.05) is 55.1 Å². The van der Waals surface area contributed by atoms with Crippen molar-refractivity contribution in [3.63, 3.8) is 0 Å². The molecule has 2 amide bonds. The number of nitrogens with zero attached hydrogens (tertiary/aromatic N) is 2. The largest absolute Gasteiger partial charge is 0.493 e. The van der Waals surface area contributed by atoms with E-state index in [1.165, 1.54) is 0 Å². The molecule has 11 nitrogen and oxygen atoms in total. The number of thiocarbonyl (C=S) groups is 1. The van der Waals surface area contributed by atoms with Crippen LogP contribution in [0.15, 0.2) is 60.7 Å². The van der Waals surface area contributed by atoms with E-state index in [4.69, 9.17) is 35.9 Å². The highest BCUT2D eigenvalue weighted by molar-refractivity contribution is 7.80. The highest BCUT2D eigenvalue weighted by Gasteiger charge is 2.42. The van der Waals surface area contributed by atoms with Crippen LogP contribution in [0.2, 0.25) is 0 Å². The normalized spacial score (nSPS) is 14.1. The van der Waals surface area contributed by atoms with Gasteiger partial charge in [0.2, 0.25) is 5.91 Å². The van der Waals surface area contributed by atoms with Gasteiger partial charge in [0, 0.05) is 18.8 Å². The van der Waals surface area contributed by atoms with E-state index in [0.29, 0.717) is 78.5 Å². The lowest BCUT2D eigenvalue weighted by molar-refractivity contribution is -0.130. The maximum absolute atomic E-state index is 13.9. The average Bonchev–Trinajstić information content (AvgIpc) is 3.30. The standard InChI is InChI=1S/C36H43N3O8S/c1-6-45-30-16-10-25(22-32(30)46-7-2)18-20-39-34(41)28(23-33(40)37-27-13-11-26(12-14-27)35(42)47-8-3)38(36(39)48)19-17-24-9-15-29(43-4)31(21-24)44-5/h9-16,21-22,28H,6-8,17-20,23H2,1-5H3,(H,37,40)/t28-/m1/s1. The summed E-state index contributed by atoms with van der Waals surface area (Å²) >= 11 is 5.87. The van der Waals surface area contributed by atoms with Gasteiger partial charge in [-0.25, -0.2) is 4.79 Å². The molecule has 0 aliphatic carbocycles. The number of carbonyl (C=O) groups excluding carboxylic acids is 3. The summed E-state index contributed by atoms with van der Waals surface area (Å²) < 4.78 is 27.3. The van der Waals surface area contributed by atoms with Gasteiger partial charge in [-0.15, -0.1) is 0 Å². The number of carbonyl (C=O) groups is 3. The average molecular weight is 678 g/mol. The molecule has 1 heterocycles. The van der Waals surface area contributed by atoms with Crippen LogP contribution in [0, 0.1) is 0 Å². The number of nitrogens with one attached hydrogen (secondary N) is 1. The lowest BCUT2D eigenvalue weighted by Gasteiger charge is -2.24. The third-order valence-electron chi connectivity index (χ3n) is 7.78. The Morgan fingerprint density at radius 2 is 1.38 bits per heavy atom. The SMILES string of the molecule is CCOC(=O)c1ccc(NC(=O)C[C@@H]2C(=O)N(CCc3ccc(OCC)c(OCC)c3)C(=S)N2CCc2ccc(OC)c(OC)c2)cc1. The summed E-state index contributed by atoms with van der Waals surface area (Å²) in [6, 6.07) is 17.0. The van der Waals surface area contributed by atoms with Crippen LogP contribution in [0.4, 0.5) is 5.69 Å². The fourth-order valence-electron chi connectivity index (χ4n) is 5.42. The molecule has 1 aliphatic rings. The lowest BCUT2D eigenvalue weighted by Crippen LogP contribution is -2.39. The van der Waals surface area contributed by atoms with Crippen molar-refractivity contribution < 1.29 is 38.1 Å². The third kappa shape index (κ3) is 8.94. The molecular weight excluding hydrogens is 634 g/mol. The van der Waals surface area contributed by atoms with Crippen LogP contribution in [0.25, 0.3) is 0 Å². The molecule has 12 heteroatoms. The second-order valence-corrected chi connectivity index (χ2v) is 11.2. The number of amides is 2. The number of benzene rings is 3. The van der Waals surface area contributed by atoms with E-state index in [2.05, 4.69) is 5.32 Å². The van der Waals surface area contributed by atoms with Crippen molar-refractivity contribution in [1.82, 2.24) is 9.80 Å². The molecule has 1 saturated heterocycles. The number of anilines is 1. The first-order valence-corrected chi connectivity index (χ1v) is 16.4. The molecule has 0 bridgehead atoms. The summed E-state index contributed by atoms with van der Waals surface area (Å²) in [7, 11) is 3.16. The minimum absolute atomic E-state index is 0.113. The van der Waals surface area contributed by atoms with Crippen molar-refractivity contribution in [2.24, 2.45) is 0 Å². The minimum atomic E-state index is -0.796. The first kappa shape index (κ1) is 36.0. The second kappa shape index (κ2) is 17.4. The molecule has 0 aromatic heterocycles. The Bertz CT molecular complexity index is 1600. The zero-order chi connectivity index (χ0) is 34.6. The van der Waals surface area contributed by atoms with Gasteiger partial charge in [-0.05, 0) is 105 Å². The summed E-state index contributed by atoms with van der Waals surface area (Å²) in [4.78, 5) is 42.6. The summed E-state index contributed by atoms with van der Waals surface area (Å²) in [6.45, 7) is 7.57. The molecule has 256 valence electrons. The molecule has 0 unspecified atom stereocenters. The first-order chi connectivity index (χ1) is 23.2. The van der Waals surface area contributed by atoms with Crippen LogP contribution in [0.1, 0.15) is 48.7 Å². The van der Waals surface area contributed by atoms with Gasteiger partial charge in [0.25, 0.3) is 5.91 Å². The molecule has 1 aliphatic heterocycles. The molecular formula is C36H43N3O8S. The van der Waals surface area contributed by atoms with Gasteiger partial charge in [0.15, 0.2) is 28.1 Å². The number of ether oxygens (including phenoxy) is 5. The molecule has 0 saturated carbocycles. The maximum atomic E-state index is 13.9. The molecule has 4 rings (SSSR count). The van der Waals surface area contributed by atoms with Crippen LogP contribution in [-0.4, -0.2) is 85.9 Å². The van der Waals surface area contributed by atoms with E-state index >= 15 is 0 Å². The van der Waals surface area contributed by atoms with Gasteiger partial charge in [-0.3, -0.25) is 14.5 Å². The van der Waals surface area contributed by atoms with Crippen LogP contribution in [0.5, 0.6) is 23.0 Å². The predicted molar refractivity (Wildman–Crippen MR) is 186 cm³/mol. The Morgan fingerprint density at radius 1 is 0.771 bits per heavy atom. The fourth-order valence-corrected chi connectivity index (χ4v) is 5.82. The number of hydrogen-bond donors (Lipinski definition) is 1. The summed E-state index contributed by atoms with van der Waals surface area (Å²) in [6.07, 6.45) is 0.956. The Morgan fingerprint density at radius 3 is 2.00 bits per heavy atom. The van der Waals surface area contributed by atoms with Crippen LogP contribution in [0.3, 0.4) is 0 Å². The summed E-state index contributed by atoms with van der Waals surface area (Å²) in [5.74, 6) is 1.49. The van der Waals surface area contributed by atoms with Crippen molar-refractivity contribution in [2.75, 3.05) is 52.4 Å². The molecule has 48 heavy (non-hydrogen) atoms. The number of hydrogen-bond acceptors (Lipinski definition) is 9. The van der Waals surface area contributed by atoms with E-state index in [-0.39, 0.29) is 24.8 Å². The van der Waals surface area contributed by atoms with Crippen molar-refractivity contribution in [3.05, 3.63) is 77.4 Å².